The molecule has 1 aromatic heterocycles. The normalized spacial score (nSPS) is 29.0. The molecule has 0 aromatic carbocycles. The van der Waals surface area contributed by atoms with Gasteiger partial charge in [0.1, 0.15) is 5.82 Å². The third-order valence-corrected chi connectivity index (χ3v) is 5.16. The summed E-state index contributed by atoms with van der Waals surface area (Å²) in [6.07, 6.45) is 9.46. The van der Waals surface area contributed by atoms with E-state index in [1.165, 1.54) is 12.8 Å². The van der Waals surface area contributed by atoms with E-state index in [0.717, 1.165) is 44.5 Å². The van der Waals surface area contributed by atoms with Crippen molar-refractivity contribution < 1.29 is 4.79 Å². The maximum atomic E-state index is 12.5. The monoisotopic (exact) mass is 316 g/mol. The molecule has 2 N–H and O–H groups in total. The standard InChI is InChI=1S/C18H28N4O/c1-22-13-5-3-6-16(22)18(23)21-15-10-8-14(9-11-15)20-17-7-2-4-12-19-17/h2,4,7,12,14-16H,3,5-6,8-11,13H2,1H3,(H,19,20)(H,21,23). The predicted octanol–water partition coefficient (Wildman–Crippen LogP) is 2.41. The molecule has 2 fully saturated rings. The van der Waals surface area contributed by atoms with Crippen molar-refractivity contribution in [2.24, 2.45) is 0 Å². The van der Waals surface area contributed by atoms with Crippen LogP contribution in [0.5, 0.6) is 0 Å². The van der Waals surface area contributed by atoms with Crippen molar-refractivity contribution in [2.75, 3.05) is 18.9 Å². The Morgan fingerprint density at radius 3 is 2.61 bits per heavy atom. The van der Waals surface area contributed by atoms with Crippen molar-refractivity contribution in [1.82, 2.24) is 15.2 Å². The number of aromatic nitrogens is 1. The Kier molecular flexibility index (Phi) is 5.49. The van der Waals surface area contributed by atoms with Gasteiger partial charge in [-0.1, -0.05) is 12.5 Å². The number of amides is 1. The summed E-state index contributed by atoms with van der Waals surface area (Å²) in [6.45, 7) is 1.04. The molecular formula is C18H28N4O. The Morgan fingerprint density at radius 1 is 1.13 bits per heavy atom. The highest BCUT2D eigenvalue weighted by Crippen LogP contribution is 2.22. The second-order valence-electron chi connectivity index (χ2n) is 6.91. The third-order valence-electron chi connectivity index (χ3n) is 5.16. The molecule has 0 bridgehead atoms. The van der Waals surface area contributed by atoms with E-state index in [2.05, 4.69) is 27.6 Å². The third kappa shape index (κ3) is 4.44. The molecule has 0 spiro atoms. The maximum absolute atomic E-state index is 12.5. The molecule has 1 saturated carbocycles. The summed E-state index contributed by atoms with van der Waals surface area (Å²) in [5.41, 5.74) is 0. The molecule has 3 rings (SSSR count). The summed E-state index contributed by atoms with van der Waals surface area (Å²) in [6, 6.07) is 6.82. The lowest BCUT2D eigenvalue weighted by Crippen LogP contribution is -2.51. The molecule has 23 heavy (non-hydrogen) atoms. The molecule has 5 heteroatoms. The molecule has 1 aromatic rings. The van der Waals surface area contributed by atoms with E-state index in [1.807, 2.05) is 24.4 Å². The van der Waals surface area contributed by atoms with Gasteiger partial charge in [-0.3, -0.25) is 9.69 Å². The van der Waals surface area contributed by atoms with E-state index in [4.69, 9.17) is 0 Å². The van der Waals surface area contributed by atoms with Gasteiger partial charge in [-0.25, -0.2) is 4.98 Å². The molecule has 1 atom stereocenters. The molecule has 1 amide bonds. The first kappa shape index (κ1) is 16.2. The number of pyridine rings is 1. The zero-order valence-corrected chi connectivity index (χ0v) is 14.0. The molecule has 5 nitrogen and oxygen atoms in total. The van der Waals surface area contributed by atoms with Crippen LogP contribution in [0.1, 0.15) is 44.9 Å². The van der Waals surface area contributed by atoms with Crippen LogP contribution >= 0.6 is 0 Å². The van der Waals surface area contributed by atoms with Gasteiger partial charge >= 0.3 is 0 Å². The Hall–Kier alpha value is -1.62. The number of nitrogens with zero attached hydrogens (tertiary/aromatic N) is 2. The Morgan fingerprint density at radius 2 is 1.91 bits per heavy atom. The van der Waals surface area contributed by atoms with Crippen molar-refractivity contribution >= 4 is 11.7 Å². The fourth-order valence-corrected chi connectivity index (χ4v) is 3.74. The second-order valence-corrected chi connectivity index (χ2v) is 6.91. The van der Waals surface area contributed by atoms with Crippen molar-refractivity contribution in [2.45, 2.75) is 63.1 Å². The maximum Gasteiger partial charge on any atom is 0.237 e. The summed E-state index contributed by atoms with van der Waals surface area (Å²) in [7, 11) is 2.07. The lowest BCUT2D eigenvalue weighted by molar-refractivity contribution is -0.128. The molecule has 2 aliphatic rings. The first-order valence-electron chi connectivity index (χ1n) is 8.90. The van der Waals surface area contributed by atoms with E-state index < -0.39 is 0 Å². The molecule has 1 aliphatic carbocycles. The summed E-state index contributed by atoms with van der Waals surface area (Å²) in [5, 5.41) is 6.77. The van der Waals surface area contributed by atoms with E-state index in [1.54, 1.807) is 0 Å². The summed E-state index contributed by atoms with van der Waals surface area (Å²) >= 11 is 0. The Balaban J connectivity index is 1.43. The number of hydrogen-bond acceptors (Lipinski definition) is 4. The number of anilines is 1. The first-order chi connectivity index (χ1) is 11.2. The largest absolute Gasteiger partial charge is 0.367 e. The Labute approximate surface area is 138 Å². The summed E-state index contributed by atoms with van der Waals surface area (Å²) in [4.78, 5) is 19.0. The van der Waals surface area contributed by atoms with E-state index in [-0.39, 0.29) is 11.9 Å². The molecule has 1 unspecified atom stereocenters. The van der Waals surface area contributed by atoms with Crippen LogP contribution in [0.15, 0.2) is 24.4 Å². The number of hydrogen-bond donors (Lipinski definition) is 2. The molecular weight excluding hydrogens is 288 g/mol. The Bertz CT molecular complexity index is 499. The summed E-state index contributed by atoms with van der Waals surface area (Å²) < 4.78 is 0. The van der Waals surface area contributed by atoms with Gasteiger partial charge in [0.25, 0.3) is 0 Å². The number of carbonyl (C=O) groups is 1. The van der Waals surface area contributed by atoms with E-state index in [0.29, 0.717) is 12.1 Å². The molecule has 1 aliphatic heterocycles. The van der Waals surface area contributed by atoms with Crippen LogP contribution in [0.2, 0.25) is 0 Å². The van der Waals surface area contributed by atoms with Crippen LogP contribution in [0.25, 0.3) is 0 Å². The zero-order chi connectivity index (χ0) is 16.1. The minimum Gasteiger partial charge on any atom is -0.367 e. The average Bonchev–Trinajstić information content (AvgIpc) is 2.58. The van der Waals surface area contributed by atoms with Gasteiger partial charge in [0.05, 0.1) is 6.04 Å². The van der Waals surface area contributed by atoms with Crippen LogP contribution in [0.3, 0.4) is 0 Å². The molecule has 1 saturated heterocycles. The fraction of sp³-hybridized carbons (Fsp3) is 0.667. The van der Waals surface area contributed by atoms with Gasteiger partial charge in [0.15, 0.2) is 0 Å². The minimum atomic E-state index is 0.0770. The van der Waals surface area contributed by atoms with Gasteiger partial charge in [-0.05, 0) is 64.3 Å². The number of nitrogens with one attached hydrogen (secondary N) is 2. The molecule has 126 valence electrons. The number of carbonyl (C=O) groups excluding carboxylic acids is 1. The molecule has 0 radical (unpaired) electrons. The van der Waals surface area contributed by atoms with Crippen LogP contribution in [-0.2, 0) is 4.79 Å². The van der Waals surface area contributed by atoms with Crippen LogP contribution in [0, 0.1) is 0 Å². The van der Waals surface area contributed by atoms with Gasteiger partial charge in [0, 0.05) is 18.3 Å². The number of likely N-dealkylation sites (N-methyl/N-ethyl adjacent to an activating group) is 1. The number of likely N-dealkylation sites (tertiary alicyclic amines) is 1. The van der Waals surface area contributed by atoms with Gasteiger partial charge in [-0.2, -0.15) is 0 Å². The zero-order valence-electron chi connectivity index (χ0n) is 14.0. The van der Waals surface area contributed by atoms with Gasteiger partial charge < -0.3 is 10.6 Å². The van der Waals surface area contributed by atoms with Crippen molar-refractivity contribution in [1.29, 1.82) is 0 Å². The minimum absolute atomic E-state index is 0.0770. The predicted molar refractivity (Wildman–Crippen MR) is 92.3 cm³/mol. The lowest BCUT2D eigenvalue weighted by Gasteiger charge is -2.34. The highest BCUT2D eigenvalue weighted by Gasteiger charge is 2.29. The van der Waals surface area contributed by atoms with Crippen molar-refractivity contribution in [3.05, 3.63) is 24.4 Å². The lowest BCUT2D eigenvalue weighted by atomic mass is 9.90. The first-order valence-corrected chi connectivity index (χ1v) is 8.90. The SMILES string of the molecule is CN1CCCCC1C(=O)NC1CCC(Nc2ccccn2)CC1. The van der Waals surface area contributed by atoms with Gasteiger partial charge in [-0.15, -0.1) is 0 Å². The average molecular weight is 316 g/mol. The number of rotatable bonds is 4. The molecule has 2 heterocycles. The van der Waals surface area contributed by atoms with Crippen molar-refractivity contribution in [3.63, 3.8) is 0 Å². The van der Waals surface area contributed by atoms with Crippen LogP contribution in [0.4, 0.5) is 5.82 Å². The highest BCUT2D eigenvalue weighted by atomic mass is 16.2. The quantitative estimate of drug-likeness (QED) is 0.895. The van der Waals surface area contributed by atoms with Gasteiger partial charge in [0.2, 0.25) is 5.91 Å². The van der Waals surface area contributed by atoms with E-state index >= 15 is 0 Å². The second kappa shape index (κ2) is 7.77. The van der Waals surface area contributed by atoms with Crippen LogP contribution in [-0.4, -0.2) is 47.5 Å². The smallest absolute Gasteiger partial charge is 0.237 e. The highest BCUT2D eigenvalue weighted by molar-refractivity contribution is 5.82. The van der Waals surface area contributed by atoms with Crippen LogP contribution < -0.4 is 10.6 Å². The van der Waals surface area contributed by atoms with E-state index in [9.17, 15) is 4.79 Å². The summed E-state index contributed by atoms with van der Waals surface area (Å²) in [5.74, 6) is 1.18. The fourth-order valence-electron chi connectivity index (χ4n) is 3.74. The van der Waals surface area contributed by atoms with Crippen molar-refractivity contribution in [3.8, 4) is 0 Å². The topological polar surface area (TPSA) is 57.3 Å². The number of piperidine rings is 1.